The van der Waals surface area contributed by atoms with Crippen molar-refractivity contribution >= 4 is 5.91 Å². The predicted molar refractivity (Wildman–Crippen MR) is 66.6 cm³/mol. The molecule has 1 aliphatic heterocycles. The number of nitrogens with two attached hydrogens (primary N) is 1. The molecule has 0 aromatic rings. The van der Waals surface area contributed by atoms with E-state index in [1.165, 1.54) is 32.1 Å². The average molecular weight is 240 g/mol. The maximum Gasteiger partial charge on any atom is 0.249 e. The van der Waals surface area contributed by atoms with Gasteiger partial charge in [0.25, 0.3) is 0 Å². The molecule has 0 spiro atoms. The molecule has 0 radical (unpaired) electrons. The standard InChI is InChI=1S/C13H24N2O2/c14-8-4-7-12-9-17-10-13(16)15(12)11-5-2-1-3-6-11/h11-12H,1-10,14H2. The van der Waals surface area contributed by atoms with E-state index in [0.29, 0.717) is 19.2 Å². The van der Waals surface area contributed by atoms with Crippen LogP contribution in [0.4, 0.5) is 0 Å². The number of hydrogen-bond acceptors (Lipinski definition) is 3. The summed E-state index contributed by atoms with van der Waals surface area (Å²) in [5, 5.41) is 0. The van der Waals surface area contributed by atoms with Crippen molar-refractivity contribution in [3.8, 4) is 0 Å². The highest BCUT2D eigenvalue weighted by atomic mass is 16.5. The highest BCUT2D eigenvalue weighted by Gasteiger charge is 2.34. The fourth-order valence-electron chi connectivity index (χ4n) is 3.08. The van der Waals surface area contributed by atoms with Gasteiger partial charge in [-0.2, -0.15) is 0 Å². The smallest absolute Gasteiger partial charge is 0.249 e. The first-order valence-electron chi connectivity index (χ1n) is 6.92. The van der Waals surface area contributed by atoms with Crippen molar-refractivity contribution in [2.24, 2.45) is 5.73 Å². The van der Waals surface area contributed by atoms with Crippen LogP contribution in [0.2, 0.25) is 0 Å². The zero-order chi connectivity index (χ0) is 12.1. The number of amides is 1. The highest BCUT2D eigenvalue weighted by molar-refractivity contribution is 5.78. The summed E-state index contributed by atoms with van der Waals surface area (Å²) in [6.07, 6.45) is 8.15. The van der Waals surface area contributed by atoms with E-state index < -0.39 is 0 Å². The molecular formula is C13H24N2O2. The summed E-state index contributed by atoms with van der Waals surface area (Å²) in [6, 6.07) is 0.728. The lowest BCUT2D eigenvalue weighted by atomic mass is 9.92. The number of morpholine rings is 1. The first-order valence-corrected chi connectivity index (χ1v) is 6.92. The summed E-state index contributed by atoms with van der Waals surface area (Å²) in [5.41, 5.74) is 5.56. The molecule has 2 fully saturated rings. The molecule has 4 heteroatoms. The average Bonchev–Trinajstić information content (AvgIpc) is 2.37. The lowest BCUT2D eigenvalue weighted by Gasteiger charge is -2.42. The van der Waals surface area contributed by atoms with E-state index in [1.54, 1.807) is 0 Å². The van der Waals surface area contributed by atoms with E-state index >= 15 is 0 Å². The minimum atomic E-state index is 0.185. The van der Waals surface area contributed by atoms with Crippen molar-refractivity contribution in [3.63, 3.8) is 0 Å². The number of nitrogens with zero attached hydrogens (tertiary/aromatic N) is 1. The van der Waals surface area contributed by atoms with Crippen molar-refractivity contribution < 1.29 is 9.53 Å². The van der Waals surface area contributed by atoms with Gasteiger partial charge in [-0.15, -0.1) is 0 Å². The van der Waals surface area contributed by atoms with Gasteiger partial charge in [0, 0.05) is 6.04 Å². The van der Waals surface area contributed by atoms with Crippen molar-refractivity contribution in [3.05, 3.63) is 0 Å². The maximum absolute atomic E-state index is 12.0. The molecule has 98 valence electrons. The molecule has 1 amide bonds. The molecule has 1 aliphatic carbocycles. The zero-order valence-corrected chi connectivity index (χ0v) is 10.6. The molecule has 4 nitrogen and oxygen atoms in total. The lowest BCUT2D eigenvalue weighted by Crippen LogP contribution is -2.54. The molecule has 1 heterocycles. The third kappa shape index (κ3) is 3.19. The van der Waals surface area contributed by atoms with Crippen LogP contribution in [-0.4, -0.2) is 42.6 Å². The van der Waals surface area contributed by atoms with E-state index in [4.69, 9.17) is 10.5 Å². The van der Waals surface area contributed by atoms with Crippen molar-refractivity contribution in [2.45, 2.75) is 57.0 Å². The van der Waals surface area contributed by atoms with Gasteiger partial charge < -0.3 is 15.4 Å². The van der Waals surface area contributed by atoms with E-state index in [-0.39, 0.29) is 18.6 Å². The van der Waals surface area contributed by atoms with Crippen LogP contribution in [-0.2, 0) is 9.53 Å². The Morgan fingerprint density at radius 1 is 1.29 bits per heavy atom. The Labute approximate surface area is 103 Å². The fraction of sp³-hybridized carbons (Fsp3) is 0.923. The van der Waals surface area contributed by atoms with E-state index in [2.05, 4.69) is 4.90 Å². The minimum Gasteiger partial charge on any atom is -0.369 e. The zero-order valence-electron chi connectivity index (χ0n) is 10.6. The number of carbonyl (C=O) groups excluding carboxylic acids is 1. The second-order valence-electron chi connectivity index (χ2n) is 5.19. The number of ether oxygens (including phenoxy) is 1. The van der Waals surface area contributed by atoms with Crippen LogP contribution in [0.25, 0.3) is 0 Å². The molecule has 1 saturated carbocycles. The van der Waals surface area contributed by atoms with Crippen LogP contribution < -0.4 is 5.73 Å². The van der Waals surface area contributed by atoms with E-state index in [9.17, 15) is 4.79 Å². The van der Waals surface area contributed by atoms with Gasteiger partial charge in [-0.25, -0.2) is 0 Å². The normalized spacial score (nSPS) is 27.5. The molecular weight excluding hydrogens is 216 g/mol. The van der Waals surface area contributed by atoms with Crippen LogP contribution in [0, 0.1) is 0 Å². The van der Waals surface area contributed by atoms with Crippen molar-refractivity contribution in [2.75, 3.05) is 19.8 Å². The van der Waals surface area contributed by atoms with Gasteiger partial charge in [0.2, 0.25) is 5.91 Å². The monoisotopic (exact) mass is 240 g/mol. The molecule has 0 aromatic carbocycles. The van der Waals surface area contributed by atoms with Crippen LogP contribution in [0.15, 0.2) is 0 Å². The molecule has 1 saturated heterocycles. The molecule has 1 atom stereocenters. The second-order valence-corrected chi connectivity index (χ2v) is 5.19. The number of carbonyl (C=O) groups is 1. The topological polar surface area (TPSA) is 55.6 Å². The van der Waals surface area contributed by atoms with Crippen LogP contribution in [0.1, 0.15) is 44.9 Å². The highest BCUT2D eigenvalue weighted by Crippen LogP contribution is 2.27. The molecule has 2 rings (SSSR count). The lowest BCUT2D eigenvalue weighted by molar-refractivity contribution is -0.153. The molecule has 2 aliphatic rings. The Morgan fingerprint density at radius 2 is 2.06 bits per heavy atom. The molecule has 17 heavy (non-hydrogen) atoms. The van der Waals surface area contributed by atoms with Crippen molar-refractivity contribution in [1.29, 1.82) is 0 Å². The Balaban J connectivity index is 1.98. The Morgan fingerprint density at radius 3 is 2.76 bits per heavy atom. The Hall–Kier alpha value is -0.610. The Kier molecular flexibility index (Phi) is 4.80. The third-order valence-electron chi connectivity index (χ3n) is 3.93. The van der Waals surface area contributed by atoms with Gasteiger partial charge in [0.15, 0.2) is 0 Å². The largest absolute Gasteiger partial charge is 0.369 e. The second kappa shape index (κ2) is 6.36. The van der Waals surface area contributed by atoms with Gasteiger partial charge in [0.1, 0.15) is 6.61 Å². The quantitative estimate of drug-likeness (QED) is 0.805. The number of rotatable bonds is 4. The van der Waals surface area contributed by atoms with Gasteiger partial charge in [-0.05, 0) is 32.2 Å². The predicted octanol–water partition coefficient (Wildman–Crippen LogP) is 1.29. The first kappa shape index (κ1) is 12.8. The van der Waals surface area contributed by atoms with E-state index in [0.717, 1.165) is 12.8 Å². The summed E-state index contributed by atoms with van der Waals surface area (Å²) in [4.78, 5) is 14.2. The summed E-state index contributed by atoms with van der Waals surface area (Å²) < 4.78 is 5.38. The van der Waals surface area contributed by atoms with Crippen LogP contribution in [0.3, 0.4) is 0 Å². The summed E-state index contributed by atoms with van der Waals surface area (Å²) in [6.45, 7) is 1.67. The Bertz CT molecular complexity index is 252. The molecule has 1 unspecified atom stereocenters. The summed E-state index contributed by atoms with van der Waals surface area (Å²) in [7, 11) is 0. The third-order valence-corrected chi connectivity index (χ3v) is 3.93. The van der Waals surface area contributed by atoms with Crippen LogP contribution in [0.5, 0.6) is 0 Å². The molecule has 0 aromatic heterocycles. The maximum atomic E-state index is 12.0. The molecule has 2 N–H and O–H groups in total. The first-order chi connectivity index (χ1) is 8.33. The molecule has 0 bridgehead atoms. The van der Waals surface area contributed by atoms with Gasteiger partial charge in [-0.1, -0.05) is 19.3 Å². The summed E-state index contributed by atoms with van der Waals surface area (Å²) in [5.74, 6) is 0.185. The van der Waals surface area contributed by atoms with E-state index in [1.807, 2.05) is 0 Å². The fourth-order valence-corrected chi connectivity index (χ4v) is 3.08. The van der Waals surface area contributed by atoms with Crippen molar-refractivity contribution in [1.82, 2.24) is 4.90 Å². The van der Waals surface area contributed by atoms with Crippen LogP contribution >= 0.6 is 0 Å². The summed E-state index contributed by atoms with van der Waals surface area (Å²) >= 11 is 0. The SMILES string of the molecule is NCCCC1COCC(=O)N1C1CCCCC1. The van der Waals surface area contributed by atoms with Gasteiger partial charge in [0.05, 0.1) is 12.6 Å². The minimum absolute atomic E-state index is 0.185. The van der Waals surface area contributed by atoms with Gasteiger partial charge >= 0.3 is 0 Å². The van der Waals surface area contributed by atoms with Gasteiger partial charge in [-0.3, -0.25) is 4.79 Å². The number of hydrogen-bond donors (Lipinski definition) is 1.